The molecular formula is C16H17N3O2. The number of carbonyl (C=O) groups is 1. The van der Waals surface area contributed by atoms with Crippen LogP contribution in [0.5, 0.6) is 0 Å². The van der Waals surface area contributed by atoms with Gasteiger partial charge in [-0.1, -0.05) is 24.3 Å². The normalized spacial score (nSPS) is 18.0. The van der Waals surface area contributed by atoms with Gasteiger partial charge in [0.2, 0.25) is 5.56 Å². The van der Waals surface area contributed by atoms with E-state index < -0.39 is 0 Å². The summed E-state index contributed by atoms with van der Waals surface area (Å²) in [7, 11) is 0. The smallest absolute Gasteiger partial charge is 0.274 e. The van der Waals surface area contributed by atoms with Crippen molar-refractivity contribution in [3.05, 3.63) is 64.1 Å². The van der Waals surface area contributed by atoms with Gasteiger partial charge in [0.1, 0.15) is 5.69 Å². The lowest BCUT2D eigenvalue weighted by Gasteiger charge is -2.24. The van der Waals surface area contributed by atoms with Gasteiger partial charge in [-0.15, -0.1) is 0 Å². The van der Waals surface area contributed by atoms with Gasteiger partial charge >= 0.3 is 0 Å². The van der Waals surface area contributed by atoms with Crippen molar-refractivity contribution in [1.29, 1.82) is 0 Å². The summed E-state index contributed by atoms with van der Waals surface area (Å²) < 4.78 is 0. The fraction of sp³-hybridized carbons (Fsp3) is 0.250. The summed E-state index contributed by atoms with van der Waals surface area (Å²) in [5, 5.41) is 3.38. The topological polar surface area (TPSA) is 65.2 Å². The Morgan fingerprint density at radius 3 is 2.81 bits per heavy atom. The summed E-state index contributed by atoms with van der Waals surface area (Å²) in [5.74, 6) is -0.185. The van der Waals surface area contributed by atoms with Gasteiger partial charge in [-0.3, -0.25) is 9.59 Å². The Bertz CT molecular complexity index is 723. The number of amides is 1. The summed E-state index contributed by atoms with van der Waals surface area (Å²) >= 11 is 0. The van der Waals surface area contributed by atoms with Crippen molar-refractivity contribution < 1.29 is 4.79 Å². The Hall–Kier alpha value is -2.40. The molecule has 5 nitrogen and oxygen atoms in total. The van der Waals surface area contributed by atoms with Crippen LogP contribution in [0.15, 0.2) is 47.3 Å². The average Bonchev–Trinajstić information content (AvgIpc) is 2.66. The van der Waals surface area contributed by atoms with E-state index in [1.165, 1.54) is 6.07 Å². The van der Waals surface area contributed by atoms with Crippen LogP contribution in [-0.4, -0.2) is 23.5 Å². The van der Waals surface area contributed by atoms with E-state index >= 15 is 0 Å². The molecule has 0 aliphatic carbocycles. The molecule has 1 aliphatic heterocycles. The molecule has 1 aromatic heterocycles. The van der Waals surface area contributed by atoms with E-state index in [2.05, 4.69) is 10.3 Å². The highest BCUT2D eigenvalue weighted by atomic mass is 16.2. The molecule has 0 fully saturated rings. The van der Waals surface area contributed by atoms with E-state index in [0.29, 0.717) is 12.2 Å². The van der Waals surface area contributed by atoms with Crippen molar-refractivity contribution in [2.75, 3.05) is 11.4 Å². The number of aromatic nitrogens is 1. The third-order valence-electron chi connectivity index (χ3n) is 3.62. The van der Waals surface area contributed by atoms with E-state index in [4.69, 9.17) is 0 Å². The lowest BCUT2D eigenvalue weighted by Crippen LogP contribution is -2.40. The number of carbonyl (C=O) groups excluding carboxylic acids is 1. The van der Waals surface area contributed by atoms with Crippen LogP contribution in [0.2, 0.25) is 0 Å². The second-order valence-corrected chi connectivity index (χ2v) is 5.26. The number of pyridine rings is 1. The Kier molecular flexibility index (Phi) is 3.58. The number of benzene rings is 1. The van der Waals surface area contributed by atoms with Gasteiger partial charge in [-0.25, -0.2) is 0 Å². The standard InChI is InChI=1S/C16H17N3O2/c1-11-10-19(14-7-3-2-5-12(14)9-17-11)16(21)13-6-4-8-15(20)18-13/h2-8,11,17H,9-10H2,1H3,(H,18,20). The molecule has 3 rings (SSSR count). The molecule has 0 saturated carbocycles. The van der Waals surface area contributed by atoms with E-state index in [1.54, 1.807) is 17.0 Å². The first-order valence-electron chi connectivity index (χ1n) is 6.97. The van der Waals surface area contributed by atoms with E-state index in [9.17, 15) is 9.59 Å². The molecule has 5 heteroatoms. The summed E-state index contributed by atoms with van der Waals surface area (Å²) in [6, 6.07) is 12.6. The number of H-pyrrole nitrogens is 1. The molecule has 0 spiro atoms. The number of aromatic amines is 1. The Balaban J connectivity index is 2.03. The van der Waals surface area contributed by atoms with Crippen LogP contribution in [-0.2, 0) is 6.54 Å². The molecule has 1 atom stereocenters. The van der Waals surface area contributed by atoms with Crippen molar-refractivity contribution in [2.45, 2.75) is 19.5 Å². The van der Waals surface area contributed by atoms with Crippen molar-refractivity contribution in [3.8, 4) is 0 Å². The van der Waals surface area contributed by atoms with Crippen molar-refractivity contribution in [2.24, 2.45) is 0 Å². The second-order valence-electron chi connectivity index (χ2n) is 5.26. The first-order chi connectivity index (χ1) is 10.1. The highest BCUT2D eigenvalue weighted by Crippen LogP contribution is 2.24. The molecule has 0 saturated heterocycles. The van der Waals surface area contributed by atoms with Gasteiger partial charge in [0, 0.05) is 30.9 Å². The molecule has 108 valence electrons. The minimum atomic E-state index is -0.268. The maximum atomic E-state index is 12.7. The van der Waals surface area contributed by atoms with Crippen molar-refractivity contribution in [3.63, 3.8) is 0 Å². The number of rotatable bonds is 1. The van der Waals surface area contributed by atoms with Crippen LogP contribution in [0.4, 0.5) is 5.69 Å². The van der Waals surface area contributed by atoms with Crippen LogP contribution >= 0.6 is 0 Å². The van der Waals surface area contributed by atoms with Crippen molar-refractivity contribution in [1.82, 2.24) is 10.3 Å². The van der Waals surface area contributed by atoms with Gasteiger partial charge in [0.15, 0.2) is 0 Å². The number of hydrogen-bond acceptors (Lipinski definition) is 3. The molecular weight excluding hydrogens is 266 g/mol. The van der Waals surface area contributed by atoms with Gasteiger partial charge in [-0.2, -0.15) is 0 Å². The highest BCUT2D eigenvalue weighted by molar-refractivity contribution is 6.05. The molecule has 1 unspecified atom stereocenters. The van der Waals surface area contributed by atoms with Gasteiger partial charge < -0.3 is 15.2 Å². The largest absolute Gasteiger partial charge is 0.318 e. The Labute approximate surface area is 122 Å². The summed E-state index contributed by atoms with van der Waals surface area (Å²) in [4.78, 5) is 28.5. The summed E-state index contributed by atoms with van der Waals surface area (Å²) in [5.41, 5.74) is 2.01. The molecule has 21 heavy (non-hydrogen) atoms. The Morgan fingerprint density at radius 2 is 2.00 bits per heavy atom. The number of nitrogens with one attached hydrogen (secondary N) is 2. The van der Waals surface area contributed by atoms with E-state index in [1.807, 2.05) is 31.2 Å². The number of hydrogen-bond donors (Lipinski definition) is 2. The second kappa shape index (κ2) is 5.54. The number of nitrogens with zero attached hydrogens (tertiary/aromatic N) is 1. The fourth-order valence-corrected chi connectivity index (χ4v) is 2.55. The highest BCUT2D eigenvalue weighted by Gasteiger charge is 2.25. The van der Waals surface area contributed by atoms with Crippen molar-refractivity contribution >= 4 is 11.6 Å². The predicted molar refractivity (Wildman–Crippen MR) is 81.5 cm³/mol. The first-order valence-corrected chi connectivity index (χ1v) is 6.97. The van der Waals surface area contributed by atoms with E-state index in [0.717, 1.165) is 17.8 Å². The van der Waals surface area contributed by atoms with Crippen LogP contribution in [0.3, 0.4) is 0 Å². The molecule has 2 heterocycles. The van der Waals surface area contributed by atoms with Gasteiger partial charge in [-0.05, 0) is 24.6 Å². The predicted octanol–water partition coefficient (Wildman–Crippen LogP) is 1.51. The maximum absolute atomic E-state index is 12.7. The number of para-hydroxylation sites is 1. The zero-order valence-electron chi connectivity index (χ0n) is 11.8. The molecule has 2 aromatic rings. The maximum Gasteiger partial charge on any atom is 0.274 e. The fourth-order valence-electron chi connectivity index (χ4n) is 2.55. The summed E-state index contributed by atoms with van der Waals surface area (Å²) in [6.45, 7) is 3.33. The van der Waals surface area contributed by atoms with Crippen LogP contribution in [0.1, 0.15) is 23.0 Å². The zero-order chi connectivity index (χ0) is 14.8. The lowest BCUT2D eigenvalue weighted by molar-refractivity contribution is 0.0980. The van der Waals surface area contributed by atoms with Crippen LogP contribution in [0.25, 0.3) is 0 Å². The Morgan fingerprint density at radius 1 is 1.19 bits per heavy atom. The van der Waals surface area contributed by atoms with Gasteiger partial charge in [0.05, 0.1) is 0 Å². The molecule has 1 aromatic carbocycles. The van der Waals surface area contributed by atoms with Gasteiger partial charge in [0.25, 0.3) is 5.91 Å². The quantitative estimate of drug-likeness (QED) is 0.834. The molecule has 0 radical (unpaired) electrons. The zero-order valence-corrected chi connectivity index (χ0v) is 11.8. The SMILES string of the molecule is CC1CN(C(=O)c2cccc(=O)[nH]2)c2ccccc2CN1. The molecule has 1 amide bonds. The lowest BCUT2D eigenvalue weighted by atomic mass is 10.1. The summed E-state index contributed by atoms with van der Waals surface area (Å²) in [6.07, 6.45) is 0. The minimum absolute atomic E-state index is 0.178. The molecule has 1 aliphatic rings. The van der Waals surface area contributed by atoms with Crippen LogP contribution < -0.4 is 15.8 Å². The monoisotopic (exact) mass is 283 g/mol. The third kappa shape index (κ3) is 2.73. The average molecular weight is 283 g/mol. The minimum Gasteiger partial charge on any atom is -0.318 e. The molecule has 0 bridgehead atoms. The van der Waals surface area contributed by atoms with E-state index in [-0.39, 0.29) is 17.5 Å². The van der Waals surface area contributed by atoms with Crippen LogP contribution in [0, 0.1) is 0 Å². The first kappa shape index (κ1) is 13.6. The number of anilines is 1. The third-order valence-corrected chi connectivity index (χ3v) is 3.62. The number of fused-ring (bicyclic) bond motifs is 1. The molecule has 2 N–H and O–H groups in total.